The summed E-state index contributed by atoms with van der Waals surface area (Å²) in [6.07, 6.45) is 3.83. The summed E-state index contributed by atoms with van der Waals surface area (Å²) in [7, 11) is 0.778. The van der Waals surface area contributed by atoms with E-state index in [1.54, 1.807) is 0 Å². The summed E-state index contributed by atoms with van der Waals surface area (Å²) >= 11 is 4.78. The van der Waals surface area contributed by atoms with E-state index in [0.29, 0.717) is 0 Å². The summed E-state index contributed by atoms with van der Waals surface area (Å²) in [4.78, 5) is 0. The lowest BCUT2D eigenvalue weighted by Crippen LogP contribution is -1.85. The van der Waals surface area contributed by atoms with Gasteiger partial charge in [-0.2, -0.15) is 11.1 Å². The lowest BCUT2D eigenvalue weighted by Gasteiger charge is -1.93. The van der Waals surface area contributed by atoms with E-state index < -0.39 is 0 Å². The van der Waals surface area contributed by atoms with E-state index >= 15 is 0 Å². The van der Waals surface area contributed by atoms with Crippen LogP contribution in [0.2, 0.25) is 0 Å². The number of hydrogen-bond donors (Lipinski definition) is 2. The first-order valence-corrected chi connectivity index (χ1v) is 6.53. The van der Waals surface area contributed by atoms with Gasteiger partial charge >= 0.3 is 0 Å². The van der Waals surface area contributed by atoms with Crippen LogP contribution in [-0.2, 0) is 0 Å². The standard InChI is InChI=1S/C6H14O2.ClH3Si/c7-5-3-1-2-4-6-8;1-2/h7-8H,1-6H2;2H3. The molecule has 0 aromatic carbocycles. The highest BCUT2D eigenvalue weighted by atomic mass is 35.6. The van der Waals surface area contributed by atoms with Crippen molar-refractivity contribution in [1.29, 1.82) is 0 Å². The van der Waals surface area contributed by atoms with Gasteiger partial charge in [0.15, 0.2) is 0 Å². The topological polar surface area (TPSA) is 40.5 Å². The number of unbranched alkanes of at least 4 members (excludes halogenated alkanes) is 3. The summed E-state index contributed by atoms with van der Waals surface area (Å²) in [6.45, 7) is 0.566. The molecule has 10 heavy (non-hydrogen) atoms. The first kappa shape index (κ1) is 13.0. The third-order valence-electron chi connectivity index (χ3n) is 1.07. The van der Waals surface area contributed by atoms with Crippen molar-refractivity contribution in [2.45, 2.75) is 25.7 Å². The van der Waals surface area contributed by atoms with Crippen LogP contribution in [-0.4, -0.2) is 33.0 Å². The molecule has 0 saturated carbocycles. The highest BCUT2D eigenvalue weighted by Gasteiger charge is 1.84. The molecule has 0 unspecified atom stereocenters. The number of rotatable bonds is 5. The van der Waals surface area contributed by atoms with Crippen LogP contribution < -0.4 is 0 Å². The zero-order valence-corrected chi connectivity index (χ0v) is 9.27. The Hall–Kier alpha value is 0.427. The third kappa shape index (κ3) is 15.8. The van der Waals surface area contributed by atoms with Crippen LogP contribution in [0.4, 0.5) is 0 Å². The van der Waals surface area contributed by atoms with E-state index in [9.17, 15) is 0 Å². The molecule has 0 aromatic rings. The maximum atomic E-state index is 8.30. The van der Waals surface area contributed by atoms with Crippen molar-refractivity contribution in [3.63, 3.8) is 0 Å². The molecule has 4 heteroatoms. The Labute approximate surface area is 70.3 Å². The van der Waals surface area contributed by atoms with Gasteiger partial charge in [-0.05, 0) is 12.8 Å². The highest BCUT2D eigenvalue weighted by molar-refractivity contribution is 6.80. The molecule has 0 bridgehead atoms. The van der Waals surface area contributed by atoms with Gasteiger partial charge in [0.25, 0.3) is 0 Å². The normalized spacial score (nSPS) is 8.70. The number of aliphatic hydroxyl groups is 2. The maximum Gasteiger partial charge on any atom is 0.109 e. The van der Waals surface area contributed by atoms with Gasteiger partial charge in [0.2, 0.25) is 0 Å². The molecule has 0 saturated heterocycles. The number of halogens is 1. The molecule has 0 atom stereocenters. The van der Waals surface area contributed by atoms with Crippen molar-refractivity contribution in [3.05, 3.63) is 0 Å². The lowest BCUT2D eigenvalue weighted by atomic mass is 10.2. The Bertz CT molecular complexity index is 40.7. The Kier molecular flexibility index (Phi) is 21.1. The van der Waals surface area contributed by atoms with Crippen LogP contribution in [0.25, 0.3) is 0 Å². The van der Waals surface area contributed by atoms with Crippen molar-refractivity contribution >= 4 is 20.6 Å². The molecule has 0 aliphatic carbocycles. The van der Waals surface area contributed by atoms with Gasteiger partial charge in [0.1, 0.15) is 9.55 Å². The minimum absolute atomic E-state index is 0.283. The Morgan fingerprint density at radius 1 is 0.800 bits per heavy atom. The molecule has 2 N–H and O–H groups in total. The fourth-order valence-corrected chi connectivity index (χ4v) is 0.577. The van der Waals surface area contributed by atoms with Crippen molar-refractivity contribution in [1.82, 2.24) is 0 Å². The molecule has 0 aromatic heterocycles. The van der Waals surface area contributed by atoms with Crippen molar-refractivity contribution in [3.8, 4) is 0 Å². The van der Waals surface area contributed by atoms with Crippen LogP contribution in [0.5, 0.6) is 0 Å². The van der Waals surface area contributed by atoms with Crippen LogP contribution in [0, 0.1) is 0 Å². The maximum absolute atomic E-state index is 8.30. The van der Waals surface area contributed by atoms with Gasteiger partial charge < -0.3 is 10.2 Å². The molecular formula is C6H17ClO2Si. The molecule has 0 aliphatic rings. The first-order valence-electron chi connectivity index (χ1n) is 3.51. The largest absolute Gasteiger partial charge is 0.396 e. The second-order valence-electron chi connectivity index (χ2n) is 1.86. The zero-order valence-electron chi connectivity index (χ0n) is 6.52. The quantitative estimate of drug-likeness (QED) is 0.360. The second-order valence-corrected chi connectivity index (χ2v) is 1.86. The van der Waals surface area contributed by atoms with E-state index in [2.05, 4.69) is 0 Å². The lowest BCUT2D eigenvalue weighted by molar-refractivity contribution is 0.265. The monoisotopic (exact) mass is 184 g/mol. The molecule has 0 rings (SSSR count). The molecule has 0 radical (unpaired) electrons. The smallest absolute Gasteiger partial charge is 0.109 e. The SMILES string of the molecule is OCCCCCCO.[SiH3]Cl. The van der Waals surface area contributed by atoms with E-state index in [1.807, 2.05) is 0 Å². The molecule has 0 amide bonds. The molecule has 0 aliphatic heterocycles. The fourth-order valence-electron chi connectivity index (χ4n) is 0.577. The second kappa shape index (κ2) is 16.2. The summed E-state index contributed by atoms with van der Waals surface area (Å²) in [5.41, 5.74) is 0. The summed E-state index contributed by atoms with van der Waals surface area (Å²) in [6, 6.07) is 0. The minimum Gasteiger partial charge on any atom is -0.396 e. The number of aliphatic hydroxyl groups excluding tert-OH is 2. The van der Waals surface area contributed by atoms with Crippen molar-refractivity contribution in [2.75, 3.05) is 13.2 Å². The minimum atomic E-state index is 0.283. The van der Waals surface area contributed by atoms with E-state index in [4.69, 9.17) is 21.3 Å². The molecule has 2 nitrogen and oxygen atoms in total. The van der Waals surface area contributed by atoms with Crippen LogP contribution in [0.15, 0.2) is 0 Å². The Balaban J connectivity index is 0. The van der Waals surface area contributed by atoms with E-state index in [1.165, 1.54) is 0 Å². The summed E-state index contributed by atoms with van der Waals surface area (Å²) < 4.78 is 0. The third-order valence-corrected chi connectivity index (χ3v) is 1.07. The van der Waals surface area contributed by atoms with Gasteiger partial charge in [-0.15, -0.1) is 0 Å². The van der Waals surface area contributed by atoms with E-state index in [-0.39, 0.29) is 13.2 Å². The summed E-state index contributed by atoms with van der Waals surface area (Å²) in [5.74, 6) is 0. The zero-order chi connectivity index (χ0) is 8.24. The van der Waals surface area contributed by atoms with Gasteiger partial charge in [0.05, 0.1) is 0 Å². The average Bonchev–Trinajstić information content (AvgIpc) is 2.02. The highest BCUT2D eigenvalue weighted by Crippen LogP contribution is 1.96. The van der Waals surface area contributed by atoms with Gasteiger partial charge in [0, 0.05) is 13.2 Å². The van der Waals surface area contributed by atoms with Gasteiger partial charge in [-0.1, -0.05) is 12.8 Å². The predicted molar refractivity (Wildman–Crippen MR) is 48.4 cm³/mol. The number of hydrogen-bond acceptors (Lipinski definition) is 2. The van der Waals surface area contributed by atoms with Gasteiger partial charge in [-0.3, -0.25) is 0 Å². The average molecular weight is 185 g/mol. The first-order chi connectivity index (χ1) is 4.91. The molecular weight excluding hydrogens is 168 g/mol. The van der Waals surface area contributed by atoms with Crippen molar-refractivity contribution in [2.24, 2.45) is 0 Å². The predicted octanol–water partition coefficient (Wildman–Crippen LogP) is 0.0370. The van der Waals surface area contributed by atoms with E-state index in [0.717, 1.165) is 35.2 Å². The summed E-state index contributed by atoms with van der Waals surface area (Å²) in [5, 5.41) is 16.6. The van der Waals surface area contributed by atoms with Gasteiger partial charge in [-0.25, -0.2) is 0 Å². The molecule has 0 spiro atoms. The Morgan fingerprint density at radius 2 is 1.10 bits per heavy atom. The van der Waals surface area contributed by atoms with Crippen LogP contribution in [0.3, 0.4) is 0 Å². The van der Waals surface area contributed by atoms with Crippen molar-refractivity contribution < 1.29 is 10.2 Å². The molecule has 64 valence electrons. The fraction of sp³-hybridized carbons (Fsp3) is 1.00. The van der Waals surface area contributed by atoms with Crippen LogP contribution in [0.1, 0.15) is 25.7 Å². The van der Waals surface area contributed by atoms with Crippen LogP contribution >= 0.6 is 11.1 Å². The molecule has 0 fully saturated rings. The Morgan fingerprint density at radius 3 is 1.30 bits per heavy atom. The molecule has 0 heterocycles.